The van der Waals surface area contributed by atoms with Crippen LogP contribution in [0.5, 0.6) is 0 Å². The molecule has 0 spiro atoms. The van der Waals surface area contributed by atoms with Crippen LogP contribution in [0.4, 0.5) is 11.4 Å². The molecule has 0 aliphatic carbocycles. The van der Waals surface area contributed by atoms with E-state index in [1.54, 1.807) is 13.0 Å². The lowest BCUT2D eigenvalue weighted by atomic mass is 9.96. The maximum atomic E-state index is 11.8. The number of carbonyl (C=O) groups excluding carboxylic acids is 1. The van der Waals surface area contributed by atoms with Crippen LogP contribution in [0.15, 0.2) is 18.2 Å². The number of rotatable bonds is 4. The smallest absolute Gasteiger partial charge is 0.340 e. The molecule has 0 fully saturated rings. The van der Waals surface area contributed by atoms with Crippen LogP contribution in [0.1, 0.15) is 38.1 Å². The molecule has 0 aliphatic rings. The second-order valence-corrected chi connectivity index (χ2v) is 5.88. The van der Waals surface area contributed by atoms with Gasteiger partial charge in [-0.25, -0.2) is 4.79 Å². The largest absolute Gasteiger partial charge is 0.462 e. The van der Waals surface area contributed by atoms with Crippen molar-refractivity contribution in [3.8, 4) is 0 Å². The maximum Gasteiger partial charge on any atom is 0.340 e. The number of anilines is 2. The van der Waals surface area contributed by atoms with Crippen molar-refractivity contribution < 1.29 is 9.53 Å². The number of carbonyl (C=O) groups is 1. The van der Waals surface area contributed by atoms with E-state index in [0.29, 0.717) is 17.9 Å². The summed E-state index contributed by atoms with van der Waals surface area (Å²) in [5.41, 5.74) is 8.02. The van der Waals surface area contributed by atoms with Gasteiger partial charge in [0.2, 0.25) is 0 Å². The topological polar surface area (TPSA) is 55.6 Å². The maximum absolute atomic E-state index is 11.8. The van der Waals surface area contributed by atoms with E-state index < -0.39 is 0 Å². The van der Waals surface area contributed by atoms with Gasteiger partial charge in [-0.2, -0.15) is 0 Å². The molecule has 0 saturated carbocycles. The number of nitrogen functional groups attached to an aromatic ring is 1. The number of nitrogens with zero attached hydrogens (tertiary/aromatic N) is 1. The zero-order valence-corrected chi connectivity index (χ0v) is 12.5. The molecule has 0 saturated heterocycles. The fourth-order valence-electron chi connectivity index (χ4n) is 2.07. The fourth-order valence-corrected chi connectivity index (χ4v) is 2.07. The predicted octanol–water partition coefficient (Wildman–Crippen LogP) is 2.93. The average molecular weight is 264 g/mol. The van der Waals surface area contributed by atoms with Crippen LogP contribution in [0, 0.1) is 5.41 Å². The molecule has 0 radical (unpaired) electrons. The highest BCUT2D eigenvalue weighted by Crippen LogP contribution is 2.28. The first kappa shape index (κ1) is 15.3. The minimum absolute atomic E-state index is 0.154. The highest BCUT2D eigenvalue weighted by Gasteiger charge is 2.19. The van der Waals surface area contributed by atoms with Gasteiger partial charge in [0.15, 0.2) is 0 Å². The molecule has 2 N–H and O–H groups in total. The van der Waals surface area contributed by atoms with Crippen LogP contribution in [-0.4, -0.2) is 26.2 Å². The van der Waals surface area contributed by atoms with Crippen LogP contribution < -0.4 is 10.6 Å². The van der Waals surface area contributed by atoms with E-state index in [4.69, 9.17) is 10.5 Å². The molecule has 0 unspecified atom stereocenters. The Balaban J connectivity index is 3.03. The number of benzene rings is 1. The van der Waals surface area contributed by atoms with E-state index in [1.807, 2.05) is 19.2 Å². The van der Waals surface area contributed by atoms with Gasteiger partial charge in [-0.05, 0) is 24.5 Å². The summed E-state index contributed by atoms with van der Waals surface area (Å²) in [4.78, 5) is 13.9. The van der Waals surface area contributed by atoms with Gasteiger partial charge in [0.1, 0.15) is 0 Å². The molecule has 0 aromatic heterocycles. The minimum Gasteiger partial charge on any atom is -0.462 e. The lowest BCUT2D eigenvalue weighted by molar-refractivity contribution is 0.0527. The van der Waals surface area contributed by atoms with Crippen molar-refractivity contribution in [3.05, 3.63) is 23.8 Å². The highest BCUT2D eigenvalue weighted by molar-refractivity contribution is 5.98. The van der Waals surface area contributed by atoms with E-state index >= 15 is 0 Å². The highest BCUT2D eigenvalue weighted by atomic mass is 16.5. The van der Waals surface area contributed by atoms with E-state index in [0.717, 1.165) is 12.2 Å². The third kappa shape index (κ3) is 4.16. The first-order valence-electron chi connectivity index (χ1n) is 6.53. The second-order valence-electron chi connectivity index (χ2n) is 5.88. The van der Waals surface area contributed by atoms with Gasteiger partial charge in [0.05, 0.1) is 23.5 Å². The van der Waals surface area contributed by atoms with Crippen molar-refractivity contribution in [3.63, 3.8) is 0 Å². The van der Waals surface area contributed by atoms with E-state index in [-0.39, 0.29) is 11.4 Å². The molecule has 1 aromatic carbocycles. The normalized spacial score (nSPS) is 11.2. The van der Waals surface area contributed by atoms with E-state index in [1.165, 1.54) is 0 Å². The van der Waals surface area contributed by atoms with Crippen LogP contribution in [0.3, 0.4) is 0 Å². The van der Waals surface area contributed by atoms with Crippen LogP contribution in [0.2, 0.25) is 0 Å². The van der Waals surface area contributed by atoms with Crippen LogP contribution in [-0.2, 0) is 4.74 Å². The number of hydrogen-bond acceptors (Lipinski definition) is 4. The Morgan fingerprint density at radius 3 is 2.53 bits per heavy atom. The second kappa shape index (κ2) is 5.95. The van der Waals surface area contributed by atoms with Gasteiger partial charge in [-0.1, -0.05) is 26.8 Å². The van der Waals surface area contributed by atoms with Gasteiger partial charge in [-0.3, -0.25) is 0 Å². The fraction of sp³-hybridized carbons (Fsp3) is 0.533. The Labute approximate surface area is 115 Å². The summed E-state index contributed by atoms with van der Waals surface area (Å²) in [5.74, 6) is -0.369. The quantitative estimate of drug-likeness (QED) is 0.671. The summed E-state index contributed by atoms with van der Waals surface area (Å²) in [7, 11) is 1.98. The SMILES string of the molecule is CCOC(=O)c1cccc(N(C)CC(C)(C)C)c1N. The zero-order chi connectivity index (χ0) is 14.6. The third-order valence-corrected chi connectivity index (χ3v) is 2.70. The first-order valence-corrected chi connectivity index (χ1v) is 6.53. The summed E-state index contributed by atoms with van der Waals surface area (Å²) < 4.78 is 5.01. The van der Waals surface area contributed by atoms with Gasteiger partial charge in [0, 0.05) is 13.6 Å². The van der Waals surface area contributed by atoms with Gasteiger partial charge in [-0.15, -0.1) is 0 Å². The standard InChI is InChI=1S/C15H24N2O2/c1-6-19-14(18)11-8-7-9-12(13(11)16)17(5)10-15(2,3)4/h7-9H,6,10,16H2,1-5H3. The Morgan fingerprint density at radius 1 is 1.37 bits per heavy atom. The van der Waals surface area contributed by atoms with Crippen molar-refractivity contribution in [2.75, 3.05) is 30.8 Å². The Bertz CT molecular complexity index is 450. The van der Waals surface area contributed by atoms with Gasteiger partial charge >= 0.3 is 5.97 Å². The number of esters is 1. The Morgan fingerprint density at radius 2 is 2.00 bits per heavy atom. The van der Waals surface area contributed by atoms with Crippen molar-refractivity contribution in [1.29, 1.82) is 0 Å². The average Bonchev–Trinajstić information content (AvgIpc) is 2.27. The monoisotopic (exact) mass is 264 g/mol. The molecule has 1 aromatic rings. The molecule has 0 bridgehead atoms. The molecule has 1 rings (SSSR count). The van der Waals surface area contributed by atoms with Crippen molar-refractivity contribution in [2.45, 2.75) is 27.7 Å². The van der Waals surface area contributed by atoms with Crippen molar-refractivity contribution >= 4 is 17.3 Å². The molecule has 0 amide bonds. The predicted molar refractivity (Wildman–Crippen MR) is 79.5 cm³/mol. The molecule has 106 valence electrons. The molecule has 0 aliphatic heterocycles. The molecule has 19 heavy (non-hydrogen) atoms. The summed E-state index contributed by atoms with van der Waals surface area (Å²) in [6, 6.07) is 5.45. The summed E-state index contributed by atoms with van der Waals surface area (Å²) in [5, 5.41) is 0. The number of ether oxygens (including phenoxy) is 1. The van der Waals surface area contributed by atoms with E-state index in [2.05, 4.69) is 25.7 Å². The Kier molecular flexibility index (Phi) is 4.81. The molecular weight excluding hydrogens is 240 g/mol. The lowest BCUT2D eigenvalue weighted by Gasteiger charge is -2.29. The molecule has 0 heterocycles. The van der Waals surface area contributed by atoms with Gasteiger partial charge < -0.3 is 15.4 Å². The van der Waals surface area contributed by atoms with Gasteiger partial charge in [0.25, 0.3) is 0 Å². The molecule has 4 nitrogen and oxygen atoms in total. The lowest BCUT2D eigenvalue weighted by Crippen LogP contribution is -2.30. The number of hydrogen-bond donors (Lipinski definition) is 1. The summed E-state index contributed by atoms with van der Waals surface area (Å²) in [6.07, 6.45) is 0. The van der Waals surface area contributed by atoms with Crippen LogP contribution >= 0.6 is 0 Å². The molecular formula is C15H24N2O2. The van der Waals surface area contributed by atoms with E-state index in [9.17, 15) is 4.79 Å². The number of nitrogens with two attached hydrogens (primary N) is 1. The zero-order valence-electron chi connectivity index (χ0n) is 12.5. The molecule has 0 atom stereocenters. The minimum atomic E-state index is -0.369. The van der Waals surface area contributed by atoms with Crippen LogP contribution in [0.25, 0.3) is 0 Å². The summed E-state index contributed by atoms with van der Waals surface area (Å²) >= 11 is 0. The van der Waals surface area contributed by atoms with Crippen molar-refractivity contribution in [1.82, 2.24) is 0 Å². The number of para-hydroxylation sites is 1. The molecule has 4 heteroatoms. The Hall–Kier alpha value is -1.71. The third-order valence-electron chi connectivity index (χ3n) is 2.70. The first-order chi connectivity index (χ1) is 8.76. The summed E-state index contributed by atoms with van der Waals surface area (Å²) in [6.45, 7) is 9.46. The van der Waals surface area contributed by atoms with Crippen molar-refractivity contribution in [2.24, 2.45) is 5.41 Å².